The molecule has 0 aliphatic carbocycles. The van der Waals surface area contributed by atoms with Gasteiger partial charge in [-0.2, -0.15) is 0 Å². The number of nitrogens with one attached hydrogen (secondary N) is 1. The number of aromatic nitrogens is 1. The largest absolute Gasteiger partial charge is 0.361 e. The maximum absolute atomic E-state index is 5.51. The van der Waals surface area contributed by atoms with Crippen LogP contribution in [0, 0.1) is 12.8 Å². The van der Waals surface area contributed by atoms with Crippen molar-refractivity contribution in [2.24, 2.45) is 5.92 Å². The van der Waals surface area contributed by atoms with Crippen molar-refractivity contribution < 1.29 is 4.52 Å². The predicted molar refractivity (Wildman–Crippen MR) is 76.0 cm³/mol. The zero-order valence-electron chi connectivity index (χ0n) is 11.4. The number of piperidine rings is 1. The predicted octanol–water partition coefficient (Wildman–Crippen LogP) is 3.19. The Morgan fingerprint density at radius 1 is 1.21 bits per heavy atom. The minimum Gasteiger partial charge on any atom is -0.361 e. The normalized spacial score (nSPS) is 16.7. The summed E-state index contributed by atoms with van der Waals surface area (Å²) in [7, 11) is 0. The Morgan fingerprint density at radius 3 is 2.79 bits per heavy atom. The van der Waals surface area contributed by atoms with E-state index in [9.17, 15) is 0 Å². The number of nitrogens with zero attached hydrogens (tertiary/aromatic N) is 1. The third-order valence-electron chi connectivity index (χ3n) is 4.01. The summed E-state index contributed by atoms with van der Waals surface area (Å²) in [4.78, 5) is 0. The average Bonchev–Trinajstić information content (AvgIpc) is 2.88. The quantitative estimate of drug-likeness (QED) is 0.916. The molecule has 2 heterocycles. The van der Waals surface area contributed by atoms with Crippen molar-refractivity contribution in [2.75, 3.05) is 13.1 Å². The van der Waals surface area contributed by atoms with E-state index in [0.29, 0.717) is 0 Å². The fourth-order valence-corrected chi connectivity index (χ4v) is 2.85. The molecule has 3 heteroatoms. The third-order valence-corrected chi connectivity index (χ3v) is 4.01. The SMILES string of the molecule is Cc1ccccc1-c1cnoc1CC1CCNCC1. The van der Waals surface area contributed by atoms with Crippen LogP contribution < -0.4 is 5.32 Å². The lowest BCUT2D eigenvalue weighted by molar-refractivity contribution is 0.319. The Balaban J connectivity index is 1.84. The van der Waals surface area contributed by atoms with Crippen molar-refractivity contribution in [3.8, 4) is 11.1 Å². The van der Waals surface area contributed by atoms with E-state index in [4.69, 9.17) is 4.52 Å². The van der Waals surface area contributed by atoms with Crippen LogP contribution in [-0.2, 0) is 6.42 Å². The first-order chi connectivity index (χ1) is 9.34. The first kappa shape index (κ1) is 12.4. The van der Waals surface area contributed by atoms with Crippen LogP contribution in [0.25, 0.3) is 11.1 Å². The summed E-state index contributed by atoms with van der Waals surface area (Å²) in [6.07, 6.45) is 5.33. The summed E-state index contributed by atoms with van der Waals surface area (Å²) in [5, 5.41) is 7.42. The maximum atomic E-state index is 5.51. The van der Waals surface area contributed by atoms with Crippen LogP contribution in [0.4, 0.5) is 0 Å². The van der Waals surface area contributed by atoms with E-state index in [-0.39, 0.29) is 0 Å². The lowest BCUT2D eigenvalue weighted by Crippen LogP contribution is -2.28. The van der Waals surface area contributed by atoms with E-state index in [1.165, 1.54) is 24.0 Å². The molecule has 1 aromatic carbocycles. The van der Waals surface area contributed by atoms with Crippen LogP contribution in [0.2, 0.25) is 0 Å². The molecule has 1 N–H and O–H groups in total. The molecule has 1 aliphatic heterocycles. The van der Waals surface area contributed by atoms with E-state index in [0.717, 1.165) is 36.8 Å². The van der Waals surface area contributed by atoms with Crippen molar-refractivity contribution in [1.29, 1.82) is 0 Å². The van der Waals surface area contributed by atoms with Crippen LogP contribution in [0.3, 0.4) is 0 Å². The highest BCUT2D eigenvalue weighted by atomic mass is 16.5. The Labute approximate surface area is 114 Å². The topological polar surface area (TPSA) is 38.1 Å². The van der Waals surface area contributed by atoms with Gasteiger partial charge in [0.15, 0.2) is 0 Å². The molecule has 2 aromatic rings. The average molecular weight is 256 g/mol. The van der Waals surface area contributed by atoms with Gasteiger partial charge in [-0.15, -0.1) is 0 Å². The van der Waals surface area contributed by atoms with Gasteiger partial charge < -0.3 is 9.84 Å². The Bertz CT molecular complexity index is 541. The third kappa shape index (κ3) is 2.71. The molecule has 0 saturated carbocycles. The maximum Gasteiger partial charge on any atom is 0.144 e. The summed E-state index contributed by atoms with van der Waals surface area (Å²) in [6.45, 7) is 4.38. The van der Waals surface area contributed by atoms with Gasteiger partial charge in [0.1, 0.15) is 5.76 Å². The van der Waals surface area contributed by atoms with E-state index < -0.39 is 0 Å². The summed E-state index contributed by atoms with van der Waals surface area (Å²) in [6, 6.07) is 8.42. The van der Waals surface area contributed by atoms with E-state index in [1.54, 1.807) is 0 Å². The molecule has 0 unspecified atom stereocenters. The molecule has 0 bridgehead atoms. The molecule has 1 saturated heterocycles. The molecule has 19 heavy (non-hydrogen) atoms. The standard InChI is InChI=1S/C16H20N2O/c1-12-4-2-3-5-14(12)15-11-18-19-16(15)10-13-6-8-17-9-7-13/h2-5,11,13,17H,6-10H2,1H3. The van der Waals surface area contributed by atoms with Gasteiger partial charge in [-0.25, -0.2) is 0 Å². The van der Waals surface area contributed by atoms with Crippen LogP contribution in [-0.4, -0.2) is 18.2 Å². The minimum absolute atomic E-state index is 0.719. The number of rotatable bonds is 3. The first-order valence-electron chi connectivity index (χ1n) is 7.05. The van der Waals surface area contributed by atoms with E-state index >= 15 is 0 Å². The van der Waals surface area contributed by atoms with Crippen LogP contribution in [0.5, 0.6) is 0 Å². The number of benzene rings is 1. The second-order valence-corrected chi connectivity index (χ2v) is 5.38. The summed E-state index contributed by atoms with van der Waals surface area (Å²) in [5.74, 6) is 1.76. The Morgan fingerprint density at radius 2 is 2.00 bits per heavy atom. The van der Waals surface area contributed by atoms with Crippen molar-refractivity contribution in [1.82, 2.24) is 10.5 Å². The molecule has 1 aliphatic rings. The second-order valence-electron chi connectivity index (χ2n) is 5.38. The molecule has 1 fully saturated rings. The van der Waals surface area contributed by atoms with Crippen LogP contribution >= 0.6 is 0 Å². The van der Waals surface area contributed by atoms with Gasteiger partial charge in [-0.3, -0.25) is 0 Å². The van der Waals surface area contributed by atoms with Crippen molar-refractivity contribution in [2.45, 2.75) is 26.2 Å². The molecule has 3 nitrogen and oxygen atoms in total. The van der Waals surface area contributed by atoms with Gasteiger partial charge in [0.25, 0.3) is 0 Å². The number of aryl methyl sites for hydroxylation is 1. The molecule has 0 amide bonds. The van der Waals surface area contributed by atoms with Gasteiger partial charge in [0.2, 0.25) is 0 Å². The Kier molecular flexibility index (Phi) is 3.65. The van der Waals surface area contributed by atoms with Gasteiger partial charge in [-0.05, 0) is 49.9 Å². The van der Waals surface area contributed by atoms with Gasteiger partial charge in [-0.1, -0.05) is 29.4 Å². The number of hydrogen-bond donors (Lipinski definition) is 1. The molecule has 3 rings (SSSR count). The fourth-order valence-electron chi connectivity index (χ4n) is 2.85. The van der Waals surface area contributed by atoms with Gasteiger partial charge in [0, 0.05) is 12.0 Å². The summed E-state index contributed by atoms with van der Waals surface area (Å²) >= 11 is 0. The zero-order chi connectivity index (χ0) is 13.1. The van der Waals surface area contributed by atoms with Gasteiger partial charge >= 0.3 is 0 Å². The first-order valence-corrected chi connectivity index (χ1v) is 7.05. The van der Waals surface area contributed by atoms with Crippen LogP contribution in [0.1, 0.15) is 24.2 Å². The zero-order valence-corrected chi connectivity index (χ0v) is 11.4. The van der Waals surface area contributed by atoms with E-state index in [2.05, 4.69) is 41.7 Å². The smallest absolute Gasteiger partial charge is 0.144 e. The molecule has 0 spiro atoms. The fraction of sp³-hybridized carbons (Fsp3) is 0.438. The van der Waals surface area contributed by atoms with Crippen molar-refractivity contribution in [3.63, 3.8) is 0 Å². The molecule has 0 radical (unpaired) electrons. The molecular formula is C16H20N2O. The number of hydrogen-bond acceptors (Lipinski definition) is 3. The Hall–Kier alpha value is -1.61. The highest BCUT2D eigenvalue weighted by molar-refractivity contribution is 5.68. The molecular weight excluding hydrogens is 236 g/mol. The highest BCUT2D eigenvalue weighted by Gasteiger charge is 2.19. The minimum atomic E-state index is 0.719. The summed E-state index contributed by atoms with van der Waals surface area (Å²) < 4.78 is 5.51. The van der Waals surface area contributed by atoms with Crippen LogP contribution in [0.15, 0.2) is 35.0 Å². The van der Waals surface area contributed by atoms with Gasteiger partial charge in [0.05, 0.1) is 6.20 Å². The molecule has 1 aromatic heterocycles. The lowest BCUT2D eigenvalue weighted by Gasteiger charge is -2.21. The second kappa shape index (κ2) is 5.57. The summed E-state index contributed by atoms with van der Waals surface area (Å²) in [5.41, 5.74) is 3.68. The highest BCUT2D eigenvalue weighted by Crippen LogP contribution is 2.29. The van der Waals surface area contributed by atoms with E-state index in [1.807, 2.05) is 6.20 Å². The monoisotopic (exact) mass is 256 g/mol. The molecule has 100 valence electrons. The van der Waals surface area contributed by atoms with Crippen molar-refractivity contribution in [3.05, 3.63) is 41.8 Å². The van der Waals surface area contributed by atoms with Crippen molar-refractivity contribution >= 4 is 0 Å². The lowest BCUT2D eigenvalue weighted by atomic mass is 9.91. The molecule has 0 atom stereocenters.